The number of benzene rings is 1. The lowest BCUT2D eigenvalue weighted by molar-refractivity contribution is -0.149. The Balaban J connectivity index is 2.31. The number of ether oxygens (including phenoxy) is 1. The van der Waals surface area contributed by atoms with Crippen molar-refractivity contribution in [3.8, 4) is 0 Å². The summed E-state index contributed by atoms with van der Waals surface area (Å²) >= 11 is 0. The second-order valence-corrected chi connectivity index (χ2v) is 6.88. The lowest BCUT2D eigenvalue weighted by Gasteiger charge is -2.36. The molecule has 1 N–H and O–H groups in total. The summed E-state index contributed by atoms with van der Waals surface area (Å²) < 4.78 is 18.7. The fraction of sp³-hybridized carbons (Fsp3) is 0.529. The van der Waals surface area contributed by atoms with Gasteiger partial charge in [0.2, 0.25) is 0 Å². The number of likely N-dealkylation sites (tertiary alicyclic amines) is 1. The van der Waals surface area contributed by atoms with Crippen molar-refractivity contribution in [1.82, 2.24) is 4.90 Å². The van der Waals surface area contributed by atoms with E-state index in [-0.39, 0.29) is 6.42 Å². The molecule has 0 aliphatic carbocycles. The molecule has 1 atom stereocenters. The summed E-state index contributed by atoms with van der Waals surface area (Å²) in [5.41, 5.74) is -1.55. The zero-order valence-electron chi connectivity index (χ0n) is 13.6. The highest BCUT2D eigenvalue weighted by atomic mass is 19.1. The van der Waals surface area contributed by atoms with Gasteiger partial charge in [0.25, 0.3) is 0 Å². The number of carboxylic acids is 1. The minimum atomic E-state index is -1.39. The molecular formula is C17H22FNO4. The van der Waals surface area contributed by atoms with Gasteiger partial charge in [0, 0.05) is 13.0 Å². The lowest BCUT2D eigenvalue weighted by Crippen LogP contribution is -2.55. The Morgan fingerprint density at radius 3 is 2.65 bits per heavy atom. The van der Waals surface area contributed by atoms with Gasteiger partial charge in [-0.1, -0.05) is 12.1 Å². The van der Waals surface area contributed by atoms with Crippen LogP contribution in [-0.2, 0) is 16.0 Å². The highest BCUT2D eigenvalue weighted by Gasteiger charge is 2.51. The highest BCUT2D eigenvalue weighted by molar-refractivity contribution is 5.85. The Kier molecular flexibility index (Phi) is 4.63. The second-order valence-electron chi connectivity index (χ2n) is 6.88. The van der Waals surface area contributed by atoms with Crippen molar-refractivity contribution in [3.63, 3.8) is 0 Å². The van der Waals surface area contributed by atoms with Crippen LogP contribution in [0.3, 0.4) is 0 Å². The Morgan fingerprint density at radius 2 is 2.09 bits per heavy atom. The molecule has 1 saturated heterocycles. The predicted octanol–water partition coefficient (Wildman–Crippen LogP) is 3.22. The van der Waals surface area contributed by atoms with E-state index in [1.54, 1.807) is 26.8 Å². The SMILES string of the molecule is CC(C)(C)OC(=O)N1CCC[C@@]1(Cc1cccc(F)c1)C(=O)O. The average Bonchev–Trinajstić information content (AvgIpc) is 2.82. The third kappa shape index (κ3) is 3.81. The minimum Gasteiger partial charge on any atom is -0.479 e. The van der Waals surface area contributed by atoms with Crippen LogP contribution in [0, 0.1) is 5.82 Å². The van der Waals surface area contributed by atoms with Crippen LogP contribution in [0.2, 0.25) is 0 Å². The maximum Gasteiger partial charge on any atom is 0.411 e. The van der Waals surface area contributed by atoms with E-state index in [4.69, 9.17) is 4.74 Å². The van der Waals surface area contributed by atoms with Gasteiger partial charge in [-0.15, -0.1) is 0 Å². The van der Waals surface area contributed by atoms with Crippen LogP contribution in [0.5, 0.6) is 0 Å². The van der Waals surface area contributed by atoms with Crippen molar-refractivity contribution in [2.24, 2.45) is 0 Å². The molecule has 23 heavy (non-hydrogen) atoms. The molecule has 1 aliphatic heterocycles. The summed E-state index contributed by atoms with van der Waals surface area (Å²) in [7, 11) is 0. The molecule has 0 spiro atoms. The molecule has 0 saturated carbocycles. The number of amides is 1. The van der Waals surface area contributed by atoms with E-state index in [2.05, 4.69) is 0 Å². The lowest BCUT2D eigenvalue weighted by atomic mass is 9.88. The monoisotopic (exact) mass is 323 g/mol. The molecule has 5 nitrogen and oxygen atoms in total. The Bertz CT molecular complexity index is 611. The van der Waals surface area contributed by atoms with E-state index >= 15 is 0 Å². The summed E-state index contributed by atoms with van der Waals surface area (Å²) in [6.45, 7) is 5.51. The molecular weight excluding hydrogens is 301 g/mol. The summed E-state index contributed by atoms with van der Waals surface area (Å²) in [4.78, 5) is 25.6. The van der Waals surface area contributed by atoms with E-state index in [0.29, 0.717) is 24.9 Å². The molecule has 1 aliphatic rings. The molecule has 1 amide bonds. The average molecular weight is 323 g/mol. The van der Waals surface area contributed by atoms with Crippen molar-refractivity contribution < 1.29 is 23.8 Å². The van der Waals surface area contributed by atoms with E-state index in [1.807, 2.05) is 0 Å². The third-order valence-corrected chi connectivity index (χ3v) is 3.89. The van der Waals surface area contributed by atoms with Gasteiger partial charge in [-0.2, -0.15) is 0 Å². The van der Waals surface area contributed by atoms with Crippen LogP contribution in [0.1, 0.15) is 39.2 Å². The van der Waals surface area contributed by atoms with Gasteiger partial charge in [0.05, 0.1) is 0 Å². The fourth-order valence-corrected chi connectivity index (χ4v) is 2.93. The van der Waals surface area contributed by atoms with E-state index in [9.17, 15) is 19.1 Å². The van der Waals surface area contributed by atoms with Crippen molar-refractivity contribution in [2.75, 3.05) is 6.54 Å². The summed E-state index contributed by atoms with van der Waals surface area (Å²) in [6.07, 6.45) is 0.298. The number of rotatable bonds is 3. The number of nitrogens with zero attached hydrogens (tertiary/aromatic N) is 1. The van der Waals surface area contributed by atoms with E-state index < -0.39 is 29.0 Å². The smallest absolute Gasteiger partial charge is 0.411 e. The highest BCUT2D eigenvalue weighted by Crippen LogP contribution is 2.34. The number of aliphatic carboxylic acids is 1. The third-order valence-electron chi connectivity index (χ3n) is 3.89. The maximum absolute atomic E-state index is 13.4. The normalized spacial score (nSPS) is 21.3. The van der Waals surface area contributed by atoms with Crippen molar-refractivity contribution in [1.29, 1.82) is 0 Å². The zero-order valence-corrected chi connectivity index (χ0v) is 13.6. The van der Waals surface area contributed by atoms with E-state index in [0.717, 1.165) is 0 Å². The van der Waals surface area contributed by atoms with Crippen LogP contribution in [0.4, 0.5) is 9.18 Å². The summed E-state index contributed by atoms with van der Waals surface area (Å²) in [5, 5.41) is 9.77. The van der Waals surface area contributed by atoms with Crippen LogP contribution in [0.15, 0.2) is 24.3 Å². The molecule has 1 fully saturated rings. The molecule has 6 heteroatoms. The first kappa shape index (κ1) is 17.2. The van der Waals surface area contributed by atoms with Crippen molar-refractivity contribution in [2.45, 2.75) is 51.2 Å². The van der Waals surface area contributed by atoms with Crippen molar-refractivity contribution >= 4 is 12.1 Å². The number of carbonyl (C=O) groups excluding carboxylic acids is 1. The molecule has 1 aromatic carbocycles. The quantitative estimate of drug-likeness (QED) is 0.927. The first-order valence-corrected chi connectivity index (χ1v) is 7.62. The van der Waals surface area contributed by atoms with Crippen LogP contribution >= 0.6 is 0 Å². The molecule has 0 aromatic heterocycles. The fourth-order valence-electron chi connectivity index (χ4n) is 2.93. The van der Waals surface area contributed by atoms with Crippen LogP contribution < -0.4 is 0 Å². The number of hydrogen-bond acceptors (Lipinski definition) is 3. The van der Waals surface area contributed by atoms with Gasteiger partial charge in [-0.3, -0.25) is 4.90 Å². The molecule has 1 aromatic rings. The second kappa shape index (κ2) is 6.18. The predicted molar refractivity (Wildman–Crippen MR) is 82.6 cm³/mol. The topological polar surface area (TPSA) is 66.8 Å². The van der Waals surface area contributed by atoms with Crippen LogP contribution in [0.25, 0.3) is 0 Å². The molecule has 0 radical (unpaired) electrons. The Labute approximate surface area is 135 Å². The van der Waals surface area contributed by atoms with Gasteiger partial charge < -0.3 is 9.84 Å². The first-order valence-electron chi connectivity index (χ1n) is 7.62. The molecule has 2 rings (SSSR count). The first-order chi connectivity index (χ1) is 10.6. The summed E-state index contributed by atoms with van der Waals surface area (Å²) in [5.74, 6) is -1.52. The minimum absolute atomic E-state index is 0.0549. The maximum atomic E-state index is 13.4. The molecule has 1 heterocycles. The number of carboxylic acid groups (broad SMARTS) is 1. The summed E-state index contributed by atoms with van der Waals surface area (Å²) in [6, 6.07) is 5.81. The molecule has 126 valence electrons. The van der Waals surface area contributed by atoms with Gasteiger partial charge in [0.15, 0.2) is 0 Å². The zero-order chi connectivity index (χ0) is 17.3. The molecule has 0 bridgehead atoms. The number of halogens is 1. The van der Waals surface area contributed by atoms with Gasteiger partial charge in [-0.05, 0) is 51.3 Å². The molecule has 0 unspecified atom stereocenters. The van der Waals surface area contributed by atoms with Crippen LogP contribution in [-0.4, -0.2) is 39.8 Å². The standard InChI is InChI=1S/C17H22FNO4/c1-16(2,3)23-15(22)19-9-5-8-17(19,14(20)21)11-12-6-4-7-13(18)10-12/h4,6-7,10H,5,8-9,11H2,1-3H3,(H,20,21)/t17-/m1/s1. The number of hydrogen-bond donors (Lipinski definition) is 1. The Hall–Kier alpha value is -2.11. The van der Waals surface area contributed by atoms with E-state index in [1.165, 1.54) is 23.1 Å². The Morgan fingerprint density at radius 1 is 1.39 bits per heavy atom. The van der Waals surface area contributed by atoms with Gasteiger partial charge >= 0.3 is 12.1 Å². The van der Waals surface area contributed by atoms with Gasteiger partial charge in [0.1, 0.15) is 17.0 Å². The van der Waals surface area contributed by atoms with Crippen molar-refractivity contribution in [3.05, 3.63) is 35.6 Å². The van der Waals surface area contributed by atoms with Gasteiger partial charge in [-0.25, -0.2) is 14.0 Å². The largest absolute Gasteiger partial charge is 0.479 e. The number of carbonyl (C=O) groups is 2.